The van der Waals surface area contributed by atoms with Gasteiger partial charge in [0.2, 0.25) is 0 Å². The van der Waals surface area contributed by atoms with Crippen LogP contribution in [-0.2, 0) is 14.4 Å². The Labute approximate surface area is 99.7 Å². The molecule has 1 saturated carbocycles. The summed E-state index contributed by atoms with van der Waals surface area (Å²) in [5, 5.41) is 4.03. The first-order chi connectivity index (χ1) is 7.63. The van der Waals surface area contributed by atoms with E-state index >= 15 is 0 Å². The minimum Gasteiger partial charge on any atom is -0.463 e. The van der Waals surface area contributed by atoms with Gasteiger partial charge in [-0.1, -0.05) is 5.16 Å². The Bertz CT molecular complexity index is 344. The summed E-state index contributed by atoms with van der Waals surface area (Å²) in [5.41, 5.74) is 0.0394. The number of hydrogen-bond acceptors (Lipinski definition) is 5. The molecule has 4 nitrogen and oxygen atoms in total. The number of ether oxygens (including phenoxy) is 1. The number of fused-ring (bicyclic) bond motifs is 1. The quantitative estimate of drug-likeness (QED) is 0.711. The highest BCUT2D eigenvalue weighted by Gasteiger charge is 2.68. The molecular weight excluding hydrogens is 226 g/mol. The molecule has 2 aliphatic rings. The van der Waals surface area contributed by atoms with Crippen molar-refractivity contribution in [2.45, 2.75) is 43.5 Å². The molecule has 2 rings (SSSR count). The summed E-state index contributed by atoms with van der Waals surface area (Å²) in [4.78, 5) is 17.6. The van der Waals surface area contributed by atoms with Crippen molar-refractivity contribution < 1.29 is 14.4 Å². The van der Waals surface area contributed by atoms with Crippen molar-refractivity contribution in [2.24, 2.45) is 5.16 Å². The van der Waals surface area contributed by atoms with Gasteiger partial charge in [-0.05, 0) is 32.9 Å². The molecule has 2 unspecified atom stereocenters. The Morgan fingerprint density at radius 3 is 3.00 bits per heavy atom. The van der Waals surface area contributed by atoms with Gasteiger partial charge in [-0.3, -0.25) is 0 Å². The monoisotopic (exact) mass is 243 g/mol. The number of rotatable bonds is 3. The molecule has 1 aliphatic heterocycles. The summed E-state index contributed by atoms with van der Waals surface area (Å²) in [6.45, 7) is 4.13. The number of thioether (sulfide) groups is 1. The van der Waals surface area contributed by atoms with E-state index in [2.05, 4.69) is 5.16 Å². The molecule has 0 spiro atoms. The second-order valence-corrected chi connectivity index (χ2v) is 5.31. The van der Waals surface area contributed by atoms with E-state index in [0.29, 0.717) is 13.0 Å². The number of carbonyl (C=O) groups excluding carboxylic acids is 1. The molecule has 0 N–H and O–H groups in total. The van der Waals surface area contributed by atoms with Gasteiger partial charge in [0, 0.05) is 6.42 Å². The molecule has 0 saturated heterocycles. The zero-order valence-electron chi connectivity index (χ0n) is 9.91. The average molecular weight is 243 g/mol. The lowest BCUT2D eigenvalue weighted by Crippen LogP contribution is -2.55. The molecule has 1 fully saturated rings. The minimum absolute atomic E-state index is 0.262. The Kier molecular flexibility index (Phi) is 2.90. The van der Waals surface area contributed by atoms with Crippen LogP contribution in [0.15, 0.2) is 5.16 Å². The van der Waals surface area contributed by atoms with Crippen molar-refractivity contribution >= 4 is 23.4 Å². The third-order valence-electron chi connectivity index (χ3n) is 3.59. The van der Waals surface area contributed by atoms with Crippen LogP contribution in [0.1, 0.15) is 33.1 Å². The number of esters is 1. The molecule has 1 aliphatic carbocycles. The fraction of sp³-hybridized carbons (Fsp3) is 0.818. The third kappa shape index (κ3) is 1.24. The predicted octanol–water partition coefficient (Wildman–Crippen LogP) is 1.98. The summed E-state index contributed by atoms with van der Waals surface area (Å²) >= 11 is 1.65. The van der Waals surface area contributed by atoms with Gasteiger partial charge in [-0.15, -0.1) is 11.8 Å². The third-order valence-corrected chi connectivity index (χ3v) is 5.11. The van der Waals surface area contributed by atoms with Gasteiger partial charge in [-0.2, -0.15) is 0 Å². The smallest absolute Gasteiger partial charge is 0.355 e. The first-order valence-electron chi connectivity index (χ1n) is 5.58. The van der Waals surface area contributed by atoms with Crippen LogP contribution in [0.4, 0.5) is 0 Å². The highest BCUT2D eigenvalue weighted by molar-refractivity contribution is 8.00. The fourth-order valence-corrected chi connectivity index (χ4v) is 4.00. The molecular formula is C11H17NO3S. The van der Waals surface area contributed by atoms with Gasteiger partial charge < -0.3 is 9.57 Å². The number of hydrogen-bond donors (Lipinski definition) is 0. The number of oxime groups is 1. The van der Waals surface area contributed by atoms with Crippen LogP contribution in [0.25, 0.3) is 0 Å². The molecule has 0 radical (unpaired) electrons. The van der Waals surface area contributed by atoms with Crippen LogP contribution in [0, 0.1) is 0 Å². The summed E-state index contributed by atoms with van der Waals surface area (Å²) in [6.07, 6.45) is 4.62. The van der Waals surface area contributed by atoms with E-state index in [4.69, 9.17) is 9.57 Å². The normalized spacial score (nSPS) is 36.6. The van der Waals surface area contributed by atoms with Gasteiger partial charge in [-0.25, -0.2) is 4.79 Å². The molecule has 16 heavy (non-hydrogen) atoms. The van der Waals surface area contributed by atoms with E-state index in [-0.39, 0.29) is 10.7 Å². The molecule has 1 heterocycles. The maximum absolute atomic E-state index is 12.1. The molecule has 90 valence electrons. The maximum Gasteiger partial charge on any atom is 0.355 e. The van der Waals surface area contributed by atoms with Crippen LogP contribution < -0.4 is 0 Å². The zero-order valence-corrected chi connectivity index (χ0v) is 10.7. The van der Waals surface area contributed by atoms with Crippen molar-refractivity contribution in [3.8, 4) is 0 Å². The highest BCUT2D eigenvalue weighted by Crippen LogP contribution is 2.54. The van der Waals surface area contributed by atoms with Crippen LogP contribution in [0.3, 0.4) is 0 Å². The van der Waals surface area contributed by atoms with Crippen molar-refractivity contribution in [1.82, 2.24) is 0 Å². The van der Waals surface area contributed by atoms with Crippen LogP contribution in [0.2, 0.25) is 0 Å². The molecule has 0 aromatic heterocycles. The largest absolute Gasteiger partial charge is 0.463 e. The Morgan fingerprint density at radius 1 is 1.62 bits per heavy atom. The molecule has 0 aromatic carbocycles. The topological polar surface area (TPSA) is 47.9 Å². The molecule has 0 aromatic rings. The van der Waals surface area contributed by atoms with Gasteiger partial charge in [0.05, 0.1) is 12.3 Å². The van der Waals surface area contributed by atoms with Gasteiger partial charge in [0.25, 0.3) is 5.60 Å². The lowest BCUT2D eigenvalue weighted by Gasteiger charge is -2.34. The van der Waals surface area contributed by atoms with E-state index < -0.39 is 5.60 Å². The molecule has 0 bridgehead atoms. The molecule has 0 amide bonds. The van der Waals surface area contributed by atoms with Crippen molar-refractivity contribution in [3.63, 3.8) is 0 Å². The SMILES string of the molecule is CCOC(=O)C12CCCC1(SC)C(C)=NO2. The number of nitrogens with zero attached hydrogens (tertiary/aromatic N) is 1. The van der Waals surface area contributed by atoms with E-state index in [9.17, 15) is 4.79 Å². The van der Waals surface area contributed by atoms with Crippen LogP contribution in [0.5, 0.6) is 0 Å². The Morgan fingerprint density at radius 2 is 2.38 bits per heavy atom. The summed E-state index contributed by atoms with van der Waals surface area (Å²) in [5.74, 6) is -0.262. The van der Waals surface area contributed by atoms with E-state index in [1.165, 1.54) is 0 Å². The summed E-state index contributed by atoms with van der Waals surface area (Å²) in [6, 6.07) is 0. The standard InChI is InChI=1S/C11H17NO3S/c1-4-14-9(13)10-6-5-7-11(10,16-3)8(2)12-15-10/h4-7H2,1-3H3. The Balaban J connectivity index is 2.37. The molecule has 5 heteroatoms. The average Bonchev–Trinajstić information content (AvgIpc) is 2.77. The van der Waals surface area contributed by atoms with E-state index in [1.807, 2.05) is 20.1 Å². The van der Waals surface area contributed by atoms with Crippen molar-refractivity contribution in [1.29, 1.82) is 0 Å². The first-order valence-corrected chi connectivity index (χ1v) is 6.81. The first kappa shape index (κ1) is 11.8. The van der Waals surface area contributed by atoms with Gasteiger partial charge >= 0.3 is 5.97 Å². The molecule has 2 atom stereocenters. The van der Waals surface area contributed by atoms with Crippen LogP contribution in [-0.4, -0.2) is 34.9 Å². The number of carbonyl (C=O) groups is 1. The summed E-state index contributed by atoms with van der Waals surface area (Å²) < 4.78 is 4.85. The highest BCUT2D eigenvalue weighted by atomic mass is 32.2. The maximum atomic E-state index is 12.1. The lowest BCUT2D eigenvalue weighted by molar-refractivity contribution is -0.169. The Hall–Kier alpha value is -0.710. The van der Waals surface area contributed by atoms with Crippen LogP contribution >= 0.6 is 11.8 Å². The van der Waals surface area contributed by atoms with Crippen molar-refractivity contribution in [2.75, 3.05) is 12.9 Å². The zero-order chi connectivity index (χ0) is 11.8. The van der Waals surface area contributed by atoms with E-state index in [0.717, 1.165) is 18.6 Å². The summed E-state index contributed by atoms with van der Waals surface area (Å²) in [7, 11) is 0. The van der Waals surface area contributed by atoms with Gasteiger partial charge in [0.1, 0.15) is 4.75 Å². The van der Waals surface area contributed by atoms with Crippen molar-refractivity contribution in [3.05, 3.63) is 0 Å². The van der Waals surface area contributed by atoms with Gasteiger partial charge in [0.15, 0.2) is 0 Å². The lowest BCUT2D eigenvalue weighted by atomic mass is 9.87. The second kappa shape index (κ2) is 3.95. The predicted molar refractivity (Wildman–Crippen MR) is 63.7 cm³/mol. The fourth-order valence-electron chi connectivity index (χ4n) is 2.77. The van der Waals surface area contributed by atoms with E-state index in [1.54, 1.807) is 11.8 Å². The minimum atomic E-state index is -0.869. The second-order valence-electron chi connectivity index (χ2n) is 4.20.